The summed E-state index contributed by atoms with van der Waals surface area (Å²) in [5, 5.41) is 2.64. The number of halogens is 1. The first-order chi connectivity index (χ1) is 11.4. The number of hydrogen-bond acceptors (Lipinski definition) is 4. The second kappa shape index (κ2) is 7.87. The van der Waals surface area contributed by atoms with Gasteiger partial charge in [0.15, 0.2) is 0 Å². The van der Waals surface area contributed by atoms with E-state index in [2.05, 4.69) is 26.2 Å². The molecule has 0 aliphatic heterocycles. The van der Waals surface area contributed by atoms with Crippen LogP contribution in [0.5, 0.6) is 0 Å². The largest absolute Gasteiger partial charge is 0.307 e. The molecule has 0 radical (unpaired) electrons. The molecule has 0 bridgehead atoms. The van der Waals surface area contributed by atoms with Gasteiger partial charge in [-0.1, -0.05) is 19.9 Å². The van der Waals surface area contributed by atoms with Crippen LogP contribution in [0, 0.1) is 0 Å². The molecule has 1 heterocycles. The van der Waals surface area contributed by atoms with Crippen LogP contribution in [-0.2, 0) is 10.0 Å². The smallest absolute Gasteiger partial charge is 0.256 e. The van der Waals surface area contributed by atoms with E-state index in [4.69, 9.17) is 0 Å². The summed E-state index contributed by atoms with van der Waals surface area (Å²) in [6, 6.07) is 9.64. The molecule has 1 N–H and O–H groups in total. The second-order valence-corrected chi connectivity index (χ2v) is 7.66. The van der Waals surface area contributed by atoms with E-state index in [0.717, 1.165) is 0 Å². The van der Waals surface area contributed by atoms with Crippen LogP contribution in [0.25, 0.3) is 0 Å². The minimum atomic E-state index is -3.67. The van der Waals surface area contributed by atoms with Crippen LogP contribution in [0.1, 0.15) is 24.2 Å². The first kappa shape index (κ1) is 18.6. The summed E-state index contributed by atoms with van der Waals surface area (Å²) < 4.78 is 27.2. The van der Waals surface area contributed by atoms with Gasteiger partial charge in [0.1, 0.15) is 5.82 Å². The van der Waals surface area contributed by atoms with Crippen molar-refractivity contribution >= 4 is 37.7 Å². The number of pyridine rings is 1. The van der Waals surface area contributed by atoms with Gasteiger partial charge in [-0.2, -0.15) is 4.31 Å². The molecule has 0 fully saturated rings. The second-order valence-electron chi connectivity index (χ2n) is 4.90. The van der Waals surface area contributed by atoms with E-state index in [1.54, 1.807) is 50.4 Å². The van der Waals surface area contributed by atoms with Crippen molar-refractivity contribution in [2.75, 3.05) is 18.4 Å². The maximum Gasteiger partial charge on any atom is 0.256 e. The number of carbonyl (C=O) groups excluding carboxylic acids is 1. The number of nitrogens with one attached hydrogen (secondary N) is 1. The highest BCUT2D eigenvalue weighted by Crippen LogP contribution is 2.26. The molecule has 24 heavy (non-hydrogen) atoms. The highest BCUT2D eigenvalue weighted by atomic mass is 79.9. The Morgan fingerprint density at radius 2 is 1.92 bits per heavy atom. The lowest BCUT2D eigenvalue weighted by atomic mass is 10.2. The van der Waals surface area contributed by atoms with Crippen LogP contribution in [0.15, 0.2) is 52.0 Å². The van der Waals surface area contributed by atoms with Gasteiger partial charge in [-0.05, 0) is 46.3 Å². The van der Waals surface area contributed by atoms with Crippen molar-refractivity contribution < 1.29 is 13.2 Å². The molecule has 0 aliphatic rings. The molecule has 0 saturated carbocycles. The number of anilines is 1. The van der Waals surface area contributed by atoms with Crippen LogP contribution in [0.2, 0.25) is 0 Å². The molecular formula is C16H18BrN3O3S. The van der Waals surface area contributed by atoms with E-state index in [9.17, 15) is 13.2 Å². The number of nitrogens with zero attached hydrogens (tertiary/aromatic N) is 2. The van der Waals surface area contributed by atoms with E-state index in [0.29, 0.717) is 23.4 Å². The van der Waals surface area contributed by atoms with E-state index in [-0.39, 0.29) is 10.5 Å². The zero-order valence-electron chi connectivity index (χ0n) is 13.4. The van der Waals surface area contributed by atoms with Gasteiger partial charge in [0.2, 0.25) is 10.0 Å². The molecule has 0 spiro atoms. The Bertz CT molecular complexity index is 822. The fourth-order valence-electron chi connectivity index (χ4n) is 2.17. The van der Waals surface area contributed by atoms with Gasteiger partial charge in [0.05, 0.1) is 4.90 Å². The van der Waals surface area contributed by atoms with Crippen molar-refractivity contribution in [3.63, 3.8) is 0 Å². The van der Waals surface area contributed by atoms with Gasteiger partial charge >= 0.3 is 0 Å². The van der Waals surface area contributed by atoms with Crippen LogP contribution in [0.3, 0.4) is 0 Å². The van der Waals surface area contributed by atoms with Crippen LogP contribution in [-0.4, -0.2) is 36.7 Å². The molecule has 0 unspecified atom stereocenters. The van der Waals surface area contributed by atoms with E-state index >= 15 is 0 Å². The number of benzene rings is 1. The number of amides is 1. The number of rotatable bonds is 6. The van der Waals surface area contributed by atoms with E-state index in [1.807, 2.05) is 0 Å². The summed E-state index contributed by atoms with van der Waals surface area (Å²) in [6.07, 6.45) is 1.56. The number of sulfonamides is 1. The van der Waals surface area contributed by atoms with Crippen molar-refractivity contribution in [2.45, 2.75) is 18.7 Å². The molecule has 2 rings (SSSR count). The Morgan fingerprint density at radius 1 is 1.21 bits per heavy atom. The highest BCUT2D eigenvalue weighted by molar-refractivity contribution is 9.10. The van der Waals surface area contributed by atoms with E-state index in [1.165, 1.54) is 10.4 Å². The summed E-state index contributed by atoms with van der Waals surface area (Å²) in [7, 11) is -3.67. The fraction of sp³-hybridized carbons (Fsp3) is 0.250. The van der Waals surface area contributed by atoms with Crippen molar-refractivity contribution in [2.24, 2.45) is 0 Å². The molecule has 1 amide bonds. The third kappa shape index (κ3) is 4.00. The van der Waals surface area contributed by atoms with Gasteiger partial charge in [-0.15, -0.1) is 0 Å². The predicted molar refractivity (Wildman–Crippen MR) is 96.4 cm³/mol. The summed E-state index contributed by atoms with van der Waals surface area (Å²) in [5.41, 5.74) is 0.245. The lowest BCUT2D eigenvalue weighted by Gasteiger charge is -2.19. The first-order valence-corrected chi connectivity index (χ1v) is 9.65. The van der Waals surface area contributed by atoms with Crippen LogP contribution in [0.4, 0.5) is 5.82 Å². The Balaban J connectivity index is 2.36. The lowest BCUT2D eigenvalue weighted by Crippen LogP contribution is -2.31. The summed E-state index contributed by atoms with van der Waals surface area (Å²) in [5.74, 6) is -0.0178. The maximum absolute atomic E-state index is 12.7. The minimum Gasteiger partial charge on any atom is -0.307 e. The lowest BCUT2D eigenvalue weighted by molar-refractivity contribution is 0.102. The Labute approximate surface area is 150 Å². The summed E-state index contributed by atoms with van der Waals surface area (Å²) >= 11 is 3.26. The van der Waals surface area contributed by atoms with Crippen LogP contribution >= 0.6 is 15.9 Å². The van der Waals surface area contributed by atoms with E-state index < -0.39 is 15.9 Å². The van der Waals surface area contributed by atoms with Crippen molar-refractivity contribution in [3.8, 4) is 0 Å². The van der Waals surface area contributed by atoms with Gasteiger partial charge in [-0.3, -0.25) is 4.79 Å². The molecule has 2 aromatic rings. The normalized spacial score (nSPS) is 11.5. The zero-order valence-corrected chi connectivity index (χ0v) is 15.8. The van der Waals surface area contributed by atoms with Gasteiger partial charge in [0.25, 0.3) is 5.91 Å². The third-order valence-corrected chi connectivity index (χ3v) is 6.47. The molecular weight excluding hydrogens is 394 g/mol. The minimum absolute atomic E-state index is 0.0693. The van der Waals surface area contributed by atoms with Gasteiger partial charge in [-0.25, -0.2) is 13.4 Å². The molecule has 128 valence electrons. The fourth-order valence-corrected chi connectivity index (χ4v) is 4.58. The SMILES string of the molecule is CCN(CC)S(=O)(=O)c1cc(C(=O)Nc2ccccn2)ccc1Br. The molecule has 1 aromatic carbocycles. The van der Waals surface area contributed by atoms with Crippen LogP contribution < -0.4 is 5.32 Å². The summed E-state index contributed by atoms with van der Waals surface area (Å²) in [4.78, 5) is 16.4. The van der Waals surface area contributed by atoms with Gasteiger partial charge in [0, 0.05) is 29.3 Å². The van der Waals surface area contributed by atoms with Crippen molar-refractivity contribution in [1.82, 2.24) is 9.29 Å². The third-order valence-electron chi connectivity index (χ3n) is 3.42. The average Bonchev–Trinajstić information content (AvgIpc) is 2.56. The monoisotopic (exact) mass is 411 g/mol. The molecule has 1 aromatic heterocycles. The quantitative estimate of drug-likeness (QED) is 0.791. The standard InChI is InChI=1S/C16H18BrN3O3S/c1-3-20(4-2)24(22,23)14-11-12(8-9-13(14)17)16(21)19-15-7-5-6-10-18-15/h5-11H,3-4H2,1-2H3,(H,18,19,21). The predicted octanol–water partition coefficient (Wildman–Crippen LogP) is 3.13. The van der Waals surface area contributed by atoms with Gasteiger partial charge < -0.3 is 5.32 Å². The molecule has 0 saturated heterocycles. The Hall–Kier alpha value is -1.77. The summed E-state index contributed by atoms with van der Waals surface area (Å²) in [6.45, 7) is 4.25. The highest BCUT2D eigenvalue weighted by Gasteiger charge is 2.25. The number of aromatic nitrogens is 1. The topological polar surface area (TPSA) is 79.4 Å². The average molecular weight is 412 g/mol. The molecule has 8 heteroatoms. The number of carbonyl (C=O) groups is 1. The number of hydrogen-bond donors (Lipinski definition) is 1. The Kier molecular flexibility index (Phi) is 6.09. The maximum atomic E-state index is 12.7. The molecule has 0 atom stereocenters. The molecule has 0 aliphatic carbocycles. The van der Waals surface area contributed by atoms with Crippen molar-refractivity contribution in [1.29, 1.82) is 0 Å². The first-order valence-electron chi connectivity index (χ1n) is 7.42. The van der Waals surface area contributed by atoms with Crippen molar-refractivity contribution in [3.05, 3.63) is 52.6 Å². The molecule has 6 nitrogen and oxygen atoms in total. The Morgan fingerprint density at radius 3 is 2.50 bits per heavy atom. The zero-order chi connectivity index (χ0) is 17.7.